The van der Waals surface area contributed by atoms with E-state index in [4.69, 9.17) is 9.47 Å². The molecule has 2 rings (SSSR count). The minimum Gasteiger partial charge on any atom is -0.497 e. The average Bonchev–Trinajstić information content (AvgIpc) is 2.60. The molecule has 0 saturated heterocycles. The fraction of sp³-hybridized carbons (Fsp3) is 0.176. The van der Waals surface area contributed by atoms with Crippen LogP contribution in [0.2, 0.25) is 0 Å². The molecule has 5 nitrogen and oxygen atoms in total. The van der Waals surface area contributed by atoms with Crippen LogP contribution in [0.25, 0.3) is 0 Å². The van der Waals surface area contributed by atoms with Crippen molar-refractivity contribution in [1.82, 2.24) is 5.32 Å². The summed E-state index contributed by atoms with van der Waals surface area (Å²) >= 11 is 3.14. The number of rotatable bonds is 6. The van der Waals surface area contributed by atoms with E-state index in [9.17, 15) is 14.0 Å². The first-order valence-corrected chi connectivity index (χ1v) is 7.80. The number of hydrogen-bond donors (Lipinski definition) is 1. The zero-order valence-electron chi connectivity index (χ0n) is 12.8. The third-order valence-corrected chi connectivity index (χ3v) is 3.62. The van der Waals surface area contributed by atoms with E-state index in [0.29, 0.717) is 4.47 Å². The summed E-state index contributed by atoms with van der Waals surface area (Å²) in [5.74, 6) is -1.36. The first kappa shape index (κ1) is 17.9. The first-order chi connectivity index (χ1) is 11.5. The molecular weight excluding hydrogens is 381 g/mol. The Kier molecular flexibility index (Phi) is 6.31. The van der Waals surface area contributed by atoms with Gasteiger partial charge in [-0.1, -0.05) is 28.1 Å². The Bertz CT molecular complexity index is 734. The van der Waals surface area contributed by atoms with E-state index in [1.807, 2.05) is 12.1 Å². The summed E-state index contributed by atoms with van der Waals surface area (Å²) in [5, 5.41) is 2.61. The molecule has 0 heterocycles. The Labute approximate surface area is 146 Å². The Morgan fingerprint density at radius 2 is 1.88 bits per heavy atom. The summed E-state index contributed by atoms with van der Waals surface area (Å²) in [6.07, 6.45) is 0. The molecule has 0 aliphatic carbocycles. The summed E-state index contributed by atoms with van der Waals surface area (Å²) in [5.41, 5.74) is 0.640. The average molecular weight is 396 g/mol. The predicted octanol–water partition coefficient (Wildman–Crippen LogP) is 3.07. The van der Waals surface area contributed by atoms with E-state index < -0.39 is 24.3 Å². The van der Waals surface area contributed by atoms with Crippen molar-refractivity contribution in [3.8, 4) is 5.75 Å². The van der Waals surface area contributed by atoms with Gasteiger partial charge in [0.2, 0.25) is 0 Å². The van der Waals surface area contributed by atoms with Crippen LogP contribution in [0.3, 0.4) is 0 Å². The molecule has 0 aromatic heterocycles. The standard InChI is InChI=1S/C17H15BrFNO4/c1-23-13-5-2-11(3-6-13)9-20-16(21)10-24-17(22)14-8-12(18)4-7-15(14)19/h2-8H,9-10H2,1H3,(H,20,21). The van der Waals surface area contributed by atoms with Crippen molar-refractivity contribution in [2.24, 2.45) is 0 Å². The van der Waals surface area contributed by atoms with Crippen molar-refractivity contribution in [3.05, 3.63) is 63.9 Å². The molecule has 0 spiro atoms. The zero-order chi connectivity index (χ0) is 17.5. The molecule has 7 heteroatoms. The molecule has 1 amide bonds. The molecule has 24 heavy (non-hydrogen) atoms. The third kappa shape index (κ3) is 5.06. The summed E-state index contributed by atoms with van der Waals surface area (Å²) in [7, 11) is 1.57. The lowest BCUT2D eigenvalue weighted by atomic mass is 10.2. The second-order valence-electron chi connectivity index (χ2n) is 4.83. The molecule has 0 radical (unpaired) electrons. The maximum absolute atomic E-state index is 13.5. The molecule has 2 aromatic rings. The molecule has 0 fully saturated rings. The highest BCUT2D eigenvalue weighted by atomic mass is 79.9. The molecule has 1 N–H and O–H groups in total. The minimum atomic E-state index is -0.895. The molecule has 0 aliphatic heterocycles. The molecule has 0 bridgehead atoms. The summed E-state index contributed by atoms with van der Waals surface area (Å²) in [4.78, 5) is 23.5. The van der Waals surface area contributed by atoms with Crippen LogP contribution < -0.4 is 10.1 Å². The molecule has 2 aromatic carbocycles. The Morgan fingerprint density at radius 3 is 2.54 bits per heavy atom. The van der Waals surface area contributed by atoms with Crippen LogP contribution in [0, 0.1) is 5.82 Å². The van der Waals surface area contributed by atoms with Gasteiger partial charge in [0, 0.05) is 11.0 Å². The molecular formula is C17H15BrFNO4. The summed E-state index contributed by atoms with van der Waals surface area (Å²) in [6, 6.07) is 11.1. The number of carbonyl (C=O) groups is 2. The van der Waals surface area contributed by atoms with E-state index >= 15 is 0 Å². The lowest BCUT2D eigenvalue weighted by Crippen LogP contribution is -2.28. The van der Waals surface area contributed by atoms with Crippen molar-refractivity contribution in [3.63, 3.8) is 0 Å². The number of hydrogen-bond acceptors (Lipinski definition) is 4. The van der Waals surface area contributed by atoms with Gasteiger partial charge in [-0.15, -0.1) is 0 Å². The van der Waals surface area contributed by atoms with Gasteiger partial charge in [-0.05, 0) is 35.9 Å². The third-order valence-electron chi connectivity index (χ3n) is 3.13. The molecule has 0 aliphatic rings. The number of amides is 1. The number of esters is 1. The van der Waals surface area contributed by atoms with Gasteiger partial charge in [0.15, 0.2) is 6.61 Å². The van der Waals surface area contributed by atoms with Crippen LogP contribution in [0.4, 0.5) is 4.39 Å². The number of methoxy groups -OCH3 is 1. The van der Waals surface area contributed by atoms with Crippen molar-refractivity contribution in [1.29, 1.82) is 0 Å². The lowest BCUT2D eigenvalue weighted by Gasteiger charge is -2.08. The molecule has 0 atom stereocenters. The highest BCUT2D eigenvalue weighted by Gasteiger charge is 2.15. The van der Waals surface area contributed by atoms with Gasteiger partial charge in [0.1, 0.15) is 11.6 Å². The molecule has 126 valence electrons. The topological polar surface area (TPSA) is 64.6 Å². The number of ether oxygens (including phenoxy) is 2. The van der Waals surface area contributed by atoms with Gasteiger partial charge in [0.25, 0.3) is 5.91 Å². The summed E-state index contributed by atoms with van der Waals surface area (Å²) < 4.78 is 23.9. The first-order valence-electron chi connectivity index (χ1n) is 7.01. The number of halogens is 2. The lowest BCUT2D eigenvalue weighted by molar-refractivity contribution is -0.124. The van der Waals surface area contributed by atoms with E-state index in [0.717, 1.165) is 17.4 Å². The molecule has 0 unspecified atom stereocenters. The van der Waals surface area contributed by atoms with Crippen molar-refractivity contribution < 1.29 is 23.5 Å². The van der Waals surface area contributed by atoms with Crippen LogP contribution in [0.5, 0.6) is 5.75 Å². The number of nitrogens with one attached hydrogen (secondary N) is 1. The second-order valence-corrected chi connectivity index (χ2v) is 5.74. The zero-order valence-corrected chi connectivity index (χ0v) is 14.4. The molecule has 0 saturated carbocycles. The smallest absolute Gasteiger partial charge is 0.341 e. The fourth-order valence-corrected chi connectivity index (χ4v) is 2.22. The largest absolute Gasteiger partial charge is 0.497 e. The predicted molar refractivity (Wildman–Crippen MR) is 89.2 cm³/mol. The van der Waals surface area contributed by atoms with Crippen LogP contribution in [-0.4, -0.2) is 25.6 Å². The second kappa shape index (κ2) is 8.44. The van der Waals surface area contributed by atoms with Gasteiger partial charge < -0.3 is 14.8 Å². The van der Waals surface area contributed by atoms with Gasteiger partial charge in [-0.2, -0.15) is 0 Å². The van der Waals surface area contributed by atoms with Crippen LogP contribution in [-0.2, 0) is 16.1 Å². The van der Waals surface area contributed by atoms with Gasteiger partial charge in [-0.3, -0.25) is 4.79 Å². The number of benzene rings is 2. The van der Waals surface area contributed by atoms with Gasteiger partial charge in [-0.25, -0.2) is 9.18 Å². The maximum Gasteiger partial charge on any atom is 0.341 e. The minimum absolute atomic E-state index is 0.229. The van der Waals surface area contributed by atoms with Crippen LogP contribution in [0.15, 0.2) is 46.9 Å². The normalized spacial score (nSPS) is 10.1. The van der Waals surface area contributed by atoms with E-state index in [-0.39, 0.29) is 12.1 Å². The summed E-state index contributed by atoms with van der Waals surface area (Å²) in [6.45, 7) is -0.202. The maximum atomic E-state index is 13.5. The number of carbonyl (C=O) groups excluding carboxylic acids is 2. The Hall–Kier alpha value is -2.41. The SMILES string of the molecule is COc1ccc(CNC(=O)COC(=O)c2cc(Br)ccc2F)cc1. The van der Waals surface area contributed by atoms with E-state index in [2.05, 4.69) is 21.2 Å². The van der Waals surface area contributed by atoms with Gasteiger partial charge >= 0.3 is 5.97 Å². The highest BCUT2D eigenvalue weighted by molar-refractivity contribution is 9.10. The van der Waals surface area contributed by atoms with E-state index in [1.54, 1.807) is 19.2 Å². The van der Waals surface area contributed by atoms with Crippen molar-refractivity contribution >= 4 is 27.8 Å². The van der Waals surface area contributed by atoms with E-state index in [1.165, 1.54) is 12.1 Å². The monoisotopic (exact) mass is 395 g/mol. The van der Waals surface area contributed by atoms with Crippen LogP contribution >= 0.6 is 15.9 Å². The van der Waals surface area contributed by atoms with Gasteiger partial charge in [0.05, 0.1) is 12.7 Å². The highest BCUT2D eigenvalue weighted by Crippen LogP contribution is 2.16. The van der Waals surface area contributed by atoms with Crippen LogP contribution in [0.1, 0.15) is 15.9 Å². The van der Waals surface area contributed by atoms with Crippen molar-refractivity contribution in [2.75, 3.05) is 13.7 Å². The quantitative estimate of drug-likeness (QED) is 0.763. The fourth-order valence-electron chi connectivity index (χ4n) is 1.86. The Balaban J connectivity index is 1.82. The Morgan fingerprint density at radius 1 is 1.17 bits per heavy atom. The van der Waals surface area contributed by atoms with Crippen molar-refractivity contribution in [2.45, 2.75) is 6.54 Å².